The van der Waals surface area contributed by atoms with Crippen LogP contribution in [0.3, 0.4) is 0 Å². The zero-order valence-electron chi connectivity index (χ0n) is 23.1. The summed E-state index contributed by atoms with van der Waals surface area (Å²) in [6, 6.07) is 45.2. The van der Waals surface area contributed by atoms with Crippen LogP contribution in [0, 0.1) is 5.41 Å². The minimum absolute atomic E-state index is 0.0319. The first kappa shape index (κ1) is 25.9. The van der Waals surface area contributed by atoms with Gasteiger partial charge in [-0.05, 0) is 47.3 Å². The standard InChI is InChI=1S/C37H25N5O/c38-35(42-36(26-13-6-2-7-14-26)39-24-25-11-4-1-5-12-25)32-18-10-17-31(40-32)29-19-21-30-28(23-29)20-22-33-34(30)41-37(43-33)27-15-8-3-9-16-27/h1-24,38H. The average Bonchev–Trinajstić information content (AvgIpc) is 3.53. The van der Waals surface area contributed by atoms with E-state index >= 15 is 0 Å². The maximum Gasteiger partial charge on any atom is 0.227 e. The lowest BCUT2D eigenvalue weighted by atomic mass is 10.0. The van der Waals surface area contributed by atoms with Crippen LogP contribution in [0.15, 0.2) is 154 Å². The van der Waals surface area contributed by atoms with E-state index < -0.39 is 0 Å². The molecule has 0 radical (unpaired) electrons. The average molecular weight is 556 g/mol. The molecular formula is C37H25N5O. The summed E-state index contributed by atoms with van der Waals surface area (Å²) in [4.78, 5) is 18.8. The first-order valence-electron chi connectivity index (χ1n) is 13.9. The zero-order valence-corrected chi connectivity index (χ0v) is 23.1. The molecule has 7 rings (SSSR count). The van der Waals surface area contributed by atoms with Crippen LogP contribution in [0.25, 0.3) is 44.6 Å². The van der Waals surface area contributed by atoms with Crippen molar-refractivity contribution in [3.63, 3.8) is 0 Å². The molecule has 5 aromatic carbocycles. The van der Waals surface area contributed by atoms with E-state index in [-0.39, 0.29) is 5.84 Å². The molecule has 0 spiro atoms. The number of aliphatic imine (C=N–C) groups is 2. The van der Waals surface area contributed by atoms with Crippen molar-refractivity contribution in [3.05, 3.63) is 156 Å². The number of nitrogens with one attached hydrogen (secondary N) is 1. The quantitative estimate of drug-likeness (QED) is 0.170. The number of hydrogen-bond donors (Lipinski definition) is 1. The highest BCUT2D eigenvalue weighted by atomic mass is 16.3. The normalized spacial score (nSPS) is 11.9. The molecule has 1 N–H and O–H groups in total. The summed E-state index contributed by atoms with van der Waals surface area (Å²) in [7, 11) is 0. The Morgan fingerprint density at radius 3 is 2.21 bits per heavy atom. The lowest BCUT2D eigenvalue weighted by molar-refractivity contribution is 0.620. The molecule has 0 amide bonds. The number of nitrogens with zero attached hydrogens (tertiary/aromatic N) is 4. The number of aromatic nitrogens is 2. The maximum atomic E-state index is 8.80. The van der Waals surface area contributed by atoms with Gasteiger partial charge in [0.1, 0.15) is 11.2 Å². The van der Waals surface area contributed by atoms with Crippen molar-refractivity contribution in [1.82, 2.24) is 9.97 Å². The van der Waals surface area contributed by atoms with E-state index in [4.69, 9.17) is 19.8 Å². The Kier molecular flexibility index (Phi) is 6.91. The van der Waals surface area contributed by atoms with Crippen molar-refractivity contribution in [1.29, 1.82) is 5.41 Å². The van der Waals surface area contributed by atoms with Crippen LogP contribution in [0.1, 0.15) is 16.8 Å². The van der Waals surface area contributed by atoms with Crippen LogP contribution in [0.5, 0.6) is 0 Å². The molecule has 0 atom stereocenters. The van der Waals surface area contributed by atoms with E-state index in [9.17, 15) is 0 Å². The fraction of sp³-hybridized carbons (Fsp3) is 0. The second-order valence-corrected chi connectivity index (χ2v) is 9.96. The van der Waals surface area contributed by atoms with Crippen molar-refractivity contribution in [2.75, 3.05) is 0 Å². The van der Waals surface area contributed by atoms with Crippen molar-refractivity contribution >= 4 is 39.8 Å². The van der Waals surface area contributed by atoms with E-state index in [2.05, 4.69) is 16.1 Å². The third-order valence-corrected chi connectivity index (χ3v) is 7.07. The SMILES string of the molecule is N=C(N=C(N=Cc1ccccc1)c1ccccc1)c1cccc(-c2ccc3c(ccc4oc(-c5ccccc5)nc43)c2)n1. The minimum atomic E-state index is 0.0319. The molecule has 0 bridgehead atoms. The highest BCUT2D eigenvalue weighted by Crippen LogP contribution is 2.32. The van der Waals surface area contributed by atoms with E-state index in [0.29, 0.717) is 17.4 Å². The minimum Gasteiger partial charge on any atom is -0.436 e. The molecule has 204 valence electrons. The Balaban J connectivity index is 1.21. The fourth-order valence-corrected chi connectivity index (χ4v) is 4.90. The molecule has 6 nitrogen and oxygen atoms in total. The van der Waals surface area contributed by atoms with E-state index in [1.54, 1.807) is 12.3 Å². The molecule has 0 fully saturated rings. The van der Waals surface area contributed by atoms with Gasteiger partial charge in [-0.15, -0.1) is 0 Å². The van der Waals surface area contributed by atoms with Crippen LogP contribution < -0.4 is 0 Å². The predicted octanol–water partition coefficient (Wildman–Crippen LogP) is 8.60. The summed E-state index contributed by atoms with van der Waals surface area (Å²) >= 11 is 0. The smallest absolute Gasteiger partial charge is 0.227 e. The Morgan fingerprint density at radius 1 is 0.674 bits per heavy atom. The van der Waals surface area contributed by atoms with Gasteiger partial charge in [0.15, 0.2) is 17.3 Å². The van der Waals surface area contributed by atoms with Crippen LogP contribution in [0.4, 0.5) is 0 Å². The second kappa shape index (κ2) is 11.5. The van der Waals surface area contributed by atoms with Gasteiger partial charge in [-0.1, -0.05) is 103 Å². The Bertz CT molecular complexity index is 2130. The van der Waals surface area contributed by atoms with Crippen molar-refractivity contribution in [2.45, 2.75) is 0 Å². The second-order valence-electron chi connectivity index (χ2n) is 9.96. The largest absolute Gasteiger partial charge is 0.436 e. The number of oxazole rings is 1. The molecule has 0 aliphatic carbocycles. The number of rotatable bonds is 5. The van der Waals surface area contributed by atoms with Crippen LogP contribution in [0.2, 0.25) is 0 Å². The van der Waals surface area contributed by atoms with Gasteiger partial charge in [-0.2, -0.15) is 0 Å². The first-order chi connectivity index (χ1) is 21.2. The molecule has 0 unspecified atom stereocenters. The van der Waals surface area contributed by atoms with E-state index in [1.165, 1.54) is 0 Å². The summed E-state index contributed by atoms with van der Waals surface area (Å²) in [5.41, 5.74) is 6.42. The Labute approximate surface area is 248 Å². The highest BCUT2D eigenvalue weighted by Gasteiger charge is 2.13. The number of pyridine rings is 1. The molecule has 7 aromatic rings. The monoisotopic (exact) mass is 555 g/mol. The third-order valence-electron chi connectivity index (χ3n) is 7.07. The Morgan fingerprint density at radius 2 is 1.42 bits per heavy atom. The van der Waals surface area contributed by atoms with Gasteiger partial charge in [0.2, 0.25) is 5.89 Å². The zero-order chi connectivity index (χ0) is 29.0. The van der Waals surface area contributed by atoms with E-state index in [1.807, 2.05) is 127 Å². The van der Waals surface area contributed by atoms with Crippen molar-refractivity contribution < 1.29 is 4.42 Å². The number of fused-ring (bicyclic) bond motifs is 3. The van der Waals surface area contributed by atoms with Gasteiger partial charge in [-0.25, -0.2) is 20.0 Å². The summed E-state index contributed by atoms with van der Waals surface area (Å²) < 4.78 is 6.06. The molecule has 0 saturated carbocycles. The predicted molar refractivity (Wildman–Crippen MR) is 174 cm³/mol. The van der Waals surface area contributed by atoms with Crippen molar-refractivity contribution in [3.8, 4) is 22.7 Å². The van der Waals surface area contributed by atoms with E-state index in [0.717, 1.165) is 49.8 Å². The summed E-state index contributed by atoms with van der Waals surface area (Å²) in [5.74, 6) is 1.08. The first-order valence-corrected chi connectivity index (χ1v) is 13.9. The van der Waals surface area contributed by atoms with Crippen LogP contribution in [-0.4, -0.2) is 27.9 Å². The highest BCUT2D eigenvalue weighted by molar-refractivity contribution is 6.13. The van der Waals surface area contributed by atoms with Gasteiger partial charge >= 0.3 is 0 Å². The molecule has 2 heterocycles. The van der Waals surface area contributed by atoms with Gasteiger partial charge in [-0.3, -0.25) is 5.41 Å². The van der Waals surface area contributed by atoms with Gasteiger partial charge in [0.05, 0.1) is 5.69 Å². The van der Waals surface area contributed by atoms with Gasteiger partial charge in [0.25, 0.3) is 0 Å². The molecule has 0 saturated heterocycles. The fourth-order valence-electron chi connectivity index (χ4n) is 4.90. The van der Waals surface area contributed by atoms with Crippen LogP contribution in [-0.2, 0) is 0 Å². The molecule has 0 aliphatic rings. The lowest BCUT2D eigenvalue weighted by Gasteiger charge is -2.07. The molecule has 6 heteroatoms. The van der Waals surface area contributed by atoms with Crippen molar-refractivity contribution in [2.24, 2.45) is 9.98 Å². The topological polar surface area (TPSA) is 87.5 Å². The molecule has 43 heavy (non-hydrogen) atoms. The molecule has 2 aromatic heterocycles. The maximum absolute atomic E-state index is 8.80. The summed E-state index contributed by atoms with van der Waals surface area (Å²) in [6.07, 6.45) is 1.76. The lowest BCUT2D eigenvalue weighted by Crippen LogP contribution is -2.06. The van der Waals surface area contributed by atoms with Gasteiger partial charge < -0.3 is 4.42 Å². The Hall–Kier alpha value is -6.01. The number of hydrogen-bond acceptors (Lipinski definition) is 4. The molecule has 0 aliphatic heterocycles. The number of amidine groups is 2. The summed E-state index contributed by atoms with van der Waals surface area (Å²) in [6.45, 7) is 0. The number of benzene rings is 5. The van der Waals surface area contributed by atoms with Crippen LogP contribution >= 0.6 is 0 Å². The van der Waals surface area contributed by atoms with Gasteiger partial charge in [0, 0.05) is 28.3 Å². The molecular weight excluding hydrogens is 530 g/mol. The summed E-state index contributed by atoms with van der Waals surface area (Å²) in [5, 5.41) is 10.8. The third kappa shape index (κ3) is 5.49.